The van der Waals surface area contributed by atoms with Gasteiger partial charge in [0, 0.05) is 11.4 Å². The summed E-state index contributed by atoms with van der Waals surface area (Å²) in [4.78, 5) is 10.7. The first-order valence-corrected chi connectivity index (χ1v) is 5.74. The number of benzene rings is 2. The van der Waals surface area contributed by atoms with Gasteiger partial charge in [0.2, 0.25) is 0 Å². The molecule has 0 aliphatic heterocycles. The quantitative estimate of drug-likeness (QED) is 0.831. The van der Waals surface area contributed by atoms with Crippen molar-refractivity contribution in [2.45, 2.75) is 6.18 Å². The molecule has 0 spiro atoms. The molecule has 0 unspecified atom stereocenters. The Bertz CT molecular complexity index is 666. The number of rotatable bonds is 3. The molecule has 0 atom stereocenters. The van der Waals surface area contributed by atoms with Crippen LogP contribution in [0.4, 0.5) is 28.9 Å². The number of carboxylic acids is 1. The molecule has 0 amide bonds. The van der Waals surface area contributed by atoms with Crippen LogP contribution in [0.2, 0.25) is 0 Å². The zero-order valence-electron chi connectivity index (χ0n) is 10.4. The minimum Gasteiger partial charge on any atom is -0.478 e. The van der Waals surface area contributed by atoms with Gasteiger partial charge in [-0.25, -0.2) is 9.18 Å². The summed E-state index contributed by atoms with van der Waals surface area (Å²) in [7, 11) is 0. The molecule has 2 rings (SSSR count). The maximum Gasteiger partial charge on any atom is 0.416 e. The minimum absolute atomic E-state index is 0.234. The fraction of sp³-hybridized carbons (Fsp3) is 0.0714. The molecule has 2 aromatic rings. The number of hydrogen-bond donors (Lipinski definition) is 2. The second kappa shape index (κ2) is 5.43. The Labute approximate surface area is 116 Å². The van der Waals surface area contributed by atoms with Gasteiger partial charge in [0.05, 0.1) is 11.1 Å². The standard InChI is InChI=1S/C14H9F4NO2/c15-12-7-10(5-6-11(12)13(20)21)19-9-3-1-8(2-4-9)14(16,17)18/h1-7,19H,(H,20,21). The molecule has 0 radical (unpaired) electrons. The van der Waals surface area contributed by atoms with Crippen LogP contribution in [0.3, 0.4) is 0 Å². The van der Waals surface area contributed by atoms with Gasteiger partial charge >= 0.3 is 12.1 Å². The summed E-state index contributed by atoms with van der Waals surface area (Å²) >= 11 is 0. The van der Waals surface area contributed by atoms with Gasteiger partial charge in [-0.3, -0.25) is 0 Å². The number of aromatic carboxylic acids is 1. The second-order valence-corrected chi connectivity index (χ2v) is 4.20. The lowest BCUT2D eigenvalue weighted by Gasteiger charge is -2.10. The van der Waals surface area contributed by atoms with E-state index in [4.69, 9.17) is 5.11 Å². The maximum atomic E-state index is 13.5. The first-order chi connectivity index (χ1) is 9.77. The number of carboxylic acid groups (broad SMARTS) is 1. The largest absolute Gasteiger partial charge is 0.478 e. The van der Waals surface area contributed by atoms with Crippen molar-refractivity contribution in [3.63, 3.8) is 0 Å². The van der Waals surface area contributed by atoms with Crippen molar-refractivity contribution >= 4 is 17.3 Å². The highest BCUT2D eigenvalue weighted by Crippen LogP contribution is 2.30. The Kier molecular flexibility index (Phi) is 3.84. The molecule has 7 heteroatoms. The van der Waals surface area contributed by atoms with Crippen LogP contribution in [0.25, 0.3) is 0 Å². The van der Waals surface area contributed by atoms with E-state index in [-0.39, 0.29) is 5.69 Å². The summed E-state index contributed by atoms with van der Waals surface area (Å²) in [6.45, 7) is 0. The smallest absolute Gasteiger partial charge is 0.416 e. The Balaban J connectivity index is 2.19. The van der Waals surface area contributed by atoms with E-state index in [1.165, 1.54) is 18.2 Å². The monoisotopic (exact) mass is 299 g/mol. The van der Waals surface area contributed by atoms with Crippen LogP contribution in [0.1, 0.15) is 15.9 Å². The summed E-state index contributed by atoms with van der Waals surface area (Å²) in [5.74, 6) is -2.33. The molecule has 0 saturated heterocycles. The van der Waals surface area contributed by atoms with E-state index in [2.05, 4.69) is 5.32 Å². The Hall–Kier alpha value is -2.57. The van der Waals surface area contributed by atoms with E-state index in [9.17, 15) is 22.4 Å². The number of carbonyl (C=O) groups is 1. The van der Waals surface area contributed by atoms with Crippen LogP contribution in [-0.4, -0.2) is 11.1 Å². The molecule has 0 aliphatic rings. The molecule has 3 nitrogen and oxygen atoms in total. The lowest BCUT2D eigenvalue weighted by Crippen LogP contribution is -2.04. The molecule has 0 bridgehead atoms. The molecule has 21 heavy (non-hydrogen) atoms. The van der Waals surface area contributed by atoms with Crippen LogP contribution >= 0.6 is 0 Å². The molecule has 0 fully saturated rings. The molecule has 2 aromatic carbocycles. The van der Waals surface area contributed by atoms with E-state index in [0.717, 1.165) is 24.3 Å². The van der Waals surface area contributed by atoms with Gasteiger partial charge in [0.25, 0.3) is 0 Å². The van der Waals surface area contributed by atoms with E-state index in [1.807, 2.05) is 0 Å². The van der Waals surface area contributed by atoms with Gasteiger partial charge in [-0.2, -0.15) is 13.2 Å². The molecule has 0 aliphatic carbocycles. The van der Waals surface area contributed by atoms with Crippen molar-refractivity contribution in [1.29, 1.82) is 0 Å². The van der Waals surface area contributed by atoms with Crippen molar-refractivity contribution < 1.29 is 27.5 Å². The van der Waals surface area contributed by atoms with Crippen molar-refractivity contribution in [3.8, 4) is 0 Å². The molecule has 2 N–H and O–H groups in total. The Morgan fingerprint density at radius 3 is 2.05 bits per heavy atom. The van der Waals surface area contributed by atoms with Crippen molar-refractivity contribution in [2.75, 3.05) is 5.32 Å². The fourth-order valence-corrected chi connectivity index (χ4v) is 1.68. The van der Waals surface area contributed by atoms with Crippen molar-refractivity contribution in [2.24, 2.45) is 0 Å². The second-order valence-electron chi connectivity index (χ2n) is 4.20. The van der Waals surface area contributed by atoms with Crippen LogP contribution < -0.4 is 5.32 Å². The summed E-state index contributed by atoms with van der Waals surface area (Å²) < 4.78 is 50.6. The molecular formula is C14H9F4NO2. The third kappa shape index (κ3) is 3.50. The lowest BCUT2D eigenvalue weighted by atomic mass is 10.1. The SMILES string of the molecule is O=C(O)c1ccc(Nc2ccc(C(F)(F)F)cc2)cc1F. The third-order valence-corrected chi connectivity index (χ3v) is 2.70. The van der Waals surface area contributed by atoms with Crippen LogP contribution in [0, 0.1) is 5.82 Å². The average molecular weight is 299 g/mol. The van der Waals surface area contributed by atoms with Crippen molar-refractivity contribution in [3.05, 3.63) is 59.4 Å². The summed E-state index contributed by atoms with van der Waals surface area (Å²) in [5, 5.41) is 11.4. The summed E-state index contributed by atoms with van der Waals surface area (Å²) in [6, 6.07) is 7.54. The maximum absolute atomic E-state index is 13.5. The zero-order valence-corrected chi connectivity index (χ0v) is 10.4. The number of anilines is 2. The Morgan fingerprint density at radius 2 is 1.57 bits per heavy atom. The van der Waals surface area contributed by atoms with Crippen LogP contribution in [0.5, 0.6) is 0 Å². The predicted molar refractivity (Wildman–Crippen MR) is 68.1 cm³/mol. The Morgan fingerprint density at radius 1 is 1.00 bits per heavy atom. The highest BCUT2D eigenvalue weighted by Gasteiger charge is 2.29. The predicted octanol–water partition coefficient (Wildman–Crippen LogP) is 4.29. The molecule has 0 saturated carbocycles. The normalized spacial score (nSPS) is 11.2. The molecular weight excluding hydrogens is 290 g/mol. The first kappa shape index (κ1) is 14.8. The average Bonchev–Trinajstić information content (AvgIpc) is 2.38. The summed E-state index contributed by atoms with van der Waals surface area (Å²) in [6.07, 6.45) is -4.42. The third-order valence-electron chi connectivity index (χ3n) is 2.70. The van der Waals surface area contributed by atoms with Crippen LogP contribution in [0.15, 0.2) is 42.5 Å². The highest BCUT2D eigenvalue weighted by molar-refractivity contribution is 5.88. The topological polar surface area (TPSA) is 49.3 Å². The van der Waals surface area contributed by atoms with E-state index in [1.54, 1.807) is 0 Å². The zero-order chi connectivity index (χ0) is 15.6. The van der Waals surface area contributed by atoms with E-state index < -0.39 is 29.1 Å². The number of hydrogen-bond acceptors (Lipinski definition) is 2. The number of nitrogens with one attached hydrogen (secondary N) is 1. The molecule has 0 heterocycles. The minimum atomic E-state index is -4.42. The number of alkyl halides is 3. The van der Waals surface area contributed by atoms with Gasteiger partial charge in [-0.15, -0.1) is 0 Å². The fourth-order valence-electron chi connectivity index (χ4n) is 1.68. The van der Waals surface area contributed by atoms with Gasteiger partial charge < -0.3 is 10.4 Å². The molecule has 0 aromatic heterocycles. The highest BCUT2D eigenvalue weighted by atomic mass is 19.4. The van der Waals surface area contributed by atoms with Gasteiger partial charge in [0.1, 0.15) is 5.82 Å². The lowest BCUT2D eigenvalue weighted by molar-refractivity contribution is -0.137. The van der Waals surface area contributed by atoms with E-state index >= 15 is 0 Å². The van der Waals surface area contributed by atoms with Gasteiger partial charge in [0.15, 0.2) is 0 Å². The van der Waals surface area contributed by atoms with E-state index in [0.29, 0.717) is 5.69 Å². The van der Waals surface area contributed by atoms with Crippen molar-refractivity contribution in [1.82, 2.24) is 0 Å². The van der Waals surface area contributed by atoms with Gasteiger partial charge in [-0.05, 0) is 42.5 Å². The van der Waals surface area contributed by atoms with Gasteiger partial charge in [-0.1, -0.05) is 0 Å². The first-order valence-electron chi connectivity index (χ1n) is 5.74. The molecule has 110 valence electrons. The summed E-state index contributed by atoms with van der Waals surface area (Å²) in [5.41, 5.74) is -0.712. The van der Waals surface area contributed by atoms with Crippen LogP contribution in [-0.2, 0) is 6.18 Å². The number of halogens is 4.